The Labute approximate surface area is 106 Å². The topological polar surface area (TPSA) is 29.9 Å². The lowest BCUT2D eigenvalue weighted by Crippen LogP contribution is -2.22. The molecule has 0 aliphatic heterocycles. The normalized spacial score (nSPS) is 12.6. The highest BCUT2D eigenvalue weighted by atomic mass is 35.5. The number of rotatable bonds is 5. The largest absolute Gasteiger partial charge is 0.303 e. The number of hydrogen-bond acceptors (Lipinski definition) is 2. The first-order chi connectivity index (χ1) is 8.29. The Kier molecular flexibility index (Phi) is 4.18. The maximum absolute atomic E-state index is 5.99. The van der Waals surface area contributed by atoms with Crippen LogP contribution in [0.4, 0.5) is 0 Å². The van der Waals surface area contributed by atoms with E-state index in [9.17, 15) is 0 Å². The zero-order valence-corrected chi connectivity index (χ0v) is 10.6. The Hall–Kier alpha value is -1.32. The maximum Gasteiger partial charge on any atom is 0.0762 e. The molecule has 0 aliphatic rings. The molecule has 1 aromatic heterocycles. The van der Waals surface area contributed by atoms with Gasteiger partial charge >= 0.3 is 0 Å². The lowest BCUT2D eigenvalue weighted by atomic mass is 10.1. The molecular weight excluding hydrogens is 234 g/mol. The molecule has 0 radical (unpaired) electrons. The van der Waals surface area contributed by atoms with Gasteiger partial charge in [-0.3, -0.25) is 4.68 Å². The van der Waals surface area contributed by atoms with E-state index in [1.165, 1.54) is 5.56 Å². The van der Waals surface area contributed by atoms with Gasteiger partial charge < -0.3 is 5.32 Å². The Morgan fingerprint density at radius 3 is 2.65 bits per heavy atom. The first-order valence-corrected chi connectivity index (χ1v) is 6.16. The predicted molar refractivity (Wildman–Crippen MR) is 70.0 cm³/mol. The summed E-state index contributed by atoms with van der Waals surface area (Å²) in [5.74, 6) is 0.552. The van der Waals surface area contributed by atoms with Crippen LogP contribution in [-0.2, 0) is 13.6 Å². The first-order valence-electron chi connectivity index (χ1n) is 5.62. The molecule has 17 heavy (non-hydrogen) atoms. The fourth-order valence-electron chi connectivity index (χ4n) is 1.73. The summed E-state index contributed by atoms with van der Waals surface area (Å²) < 4.78 is 1.80. The molecule has 2 rings (SSSR count). The molecule has 1 N–H and O–H groups in total. The van der Waals surface area contributed by atoms with Crippen LogP contribution in [0, 0.1) is 0 Å². The second-order valence-corrected chi connectivity index (χ2v) is 4.29. The summed E-state index contributed by atoms with van der Waals surface area (Å²) in [5.41, 5.74) is 2.23. The van der Waals surface area contributed by atoms with E-state index in [0.29, 0.717) is 5.88 Å². The standard InChI is InChI=1S/C13H16ClN3/c1-17-8-7-12(16-17)10-15-13(9-14)11-5-3-2-4-6-11/h2-8,13,15H,9-10H2,1H3. The number of hydrogen-bond donors (Lipinski definition) is 1. The lowest BCUT2D eigenvalue weighted by Gasteiger charge is -2.15. The van der Waals surface area contributed by atoms with E-state index in [1.54, 1.807) is 4.68 Å². The molecule has 1 unspecified atom stereocenters. The zero-order chi connectivity index (χ0) is 12.1. The Bertz CT molecular complexity index is 453. The fraction of sp³-hybridized carbons (Fsp3) is 0.308. The molecule has 0 spiro atoms. The summed E-state index contributed by atoms with van der Waals surface area (Å²) in [4.78, 5) is 0. The van der Waals surface area contributed by atoms with Gasteiger partial charge in [0, 0.05) is 31.7 Å². The van der Waals surface area contributed by atoms with Crippen molar-refractivity contribution in [3.05, 3.63) is 53.9 Å². The third-order valence-electron chi connectivity index (χ3n) is 2.65. The molecule has 1 aromatic carbocycles. The molecule has 0 fully saturated rings. The van der Waals surface area contributed by atoms with Gasteiger partial charge in [0.15, 0.2) is 0 Å². The van der Waals surface area contributed by atoms with Crippen molar-refractivity contribution in [3.63, 3.8) is 0 Å². The molecule has 0 saturated carbocycles. The first kappa shape index (κ1) is 12.1. The number of benzene rings is 1. The number of aromatic nitrogens is 2. The van der Waals surface area contributed by atoms with Gasteiger partial charge in [-0.25, -0.2) is 0 Å². The number of nitrogens with zero attached hydrogens (tertiary/aromatic N) is 2. The van der Waals surface area contributed by atoms with Gasteiger partial charge in [-0.2, -0.15) is 5.10 Å². The second kappa shape index (κ2) is 5.84. The van der Waals surface area contributed by atoms with Crippen LogP contribution in [0.15, 0.2) is 42.6 Å². The van der Waals surface area contributed by atoms with Gasteiger partial charge in [0.25, 0.3) is 0 Å². The number of aryl methyl sites for hydroxylation is 1. The van der Waals surface area contributed by atoms with E-state index >= 15 is 0 Å². The Morgan fingerprint density at radius 2 is 2.06 bits per heavy atom. The van der Waals surface area contributed by atoms with E-state index in [4.69, 9.17) is 11.6 Å². The summed E-state index contributed by atoms with van der Waals surface area (Å²) in [6, 6.07) is 12.4. The monoisotopic (exact) mass is 249 g/mol. The quantitative estimate of drug-likeness (QED) is 0.826. The summed E-state index contributed by atoms with van der Waals surface area (Å²) in [5, 5.41) is 7.73. The van der Waals surface area contributed by atoms with Crippen LogP contribution in [0.2, 0.25) is 0 Å². The molecule has 90 valence electrons. The highest BCUT2D eigenvalue weighted by molar-refractivity contribution is 6.18. The SMILES string of the molecule is Cn1ccc(CNC(CCl)c2ccccc2)n1. The summed E-state index contributed by atoms with van der Waals surface area (Å²) in [7, 11) is 1.92. The van der Waals surface area contributed by atoms with Crippen LogP contribution in [0.1, 0.15) is 17.3 Å². The molecule has 1 heterocycles. The van der Waals surface area contributed by atoms with E-state index in [2.05, 4.69) is 22.5 Å². The average molecular weight is 250 g/mol. The summed E-state index contributed by atoms with van der Waals surface area (Å²) in [6.45, 7) is 0.729. The third-order valence-corrected chi connectivity index (χ3v) is 2.96. The molecule has 1 atom stereocenters. The summed E-state index contributed by atoms with van der Waals surface area (Å²) >= 11 is 5.99. The Morgan fingerprint density at radius 1 is 1.29 bits per heavy atom. The van der Waals surface area contributed by atoms with Crippen LogP contribution in [0.25, 0.3) is 0 Å². The minimum Gasteiger partial charge on any atom is -0.303 e. The molecule has 4 heteroatoms. The molecular formula is C13H16ClN3. The van der Waals surface area contributed by atoms with Crippen LogP contribution in [0.5, 0.6) is 0 Å². The maximum atomic E-state index is 5.99. The van der Waals surface area contributed by atoms with Gasteiger partial charge in [-0.15, -0.1) is 11.6 Å². The van der Waals surface area contributed by atoms with Crippen LogP contribution in [0.3, 0.4) is 0 Å². The van der Waals surface area contributed by atoms with E-state index in [-0.39, 0.29) is 6.04 Å². The van der Waals surface area contributed by atoms with Crippen LogP contribution < -0.4 is 5.32 Å². The molecule has 3 nitrogen and oxygen atoms in total. The molecule has 2 aromatic rings. The minimum atomic E-state index is 0.167. The second-order valence-electron chi connectivity index (χ2n) is 3.98. The fourth-order valence-corrected chi connectivity index (χ4v) is 2.02. The van der Waals surface area contributed by atoms with Crippen LogP contribution in [-0.4, -0.2) is 15.7 Å². The van der Waals surface area contributed by atoms with Gasteiger partial charge in [-0.05, 0) is 11.6 Å². The highest BCUT2D eigenvalue weighted by Crippen LogP contribution is 2.14. The predicted octanol–water partition coefficient (Wildman–Crippen LogP) is 2.49. The van der Waals surface area contributed by atoms with Gasteiger partial charge in [0.1, 0.15) is 0 Å². The third kappa shape index (κ3) is 3.32. The highest BCUT2D eigenvalue weighted by Gasteiger charge is 2.09. The van der Waals surface area contributed by atoms with E-state index < -0.39 is 0 Å². The van der Waals surface area contributed by atoms with Gasteiger partial charge in [-0.1, -0.05) is 30.3 Å². The van der Waals surface area contributed by atoms with Crippen molar-refractivity contribution in [2.24, 2.45) is 7.05 Å². The van der Waals surface area contributed by atoms with Gasteiger partial charge in [0.2, 0.25) is 0 Å². The minimum absolute atomic E-state index is 0.167. The number of halogens is 1. The number of nitrogens with one attached hydrogen (secondary N) is 1. The van der Waals surface area contributed by atoms with Crippen molar-refractivity contribution in [3.8, 4) is 0 Å². The van der Waals surface area contributed by atoms with Crippen molar-refractivity contribution < 1.29 is 0 Å². The van der Waals surface area contributed by atoms with Gasteiger partial charge in [0.05, 0.1) is 5.69 Å². The molecule has 0 bridgehead atoms. The molecule has 0 amide bonds. The van der Waals surface area contributed by atoms with Crippen molar-refractivity contribution in [1.82, 2.24) is 15.1 Å². The molecule has 0 saturated heterocycles. The average Bonchev–Trinajstić information content (AvgIpc) is 2.77. The Balaban J connectivity index is 1.97. The zero-order valence-electron chi connectivity index (χ0n) is 9.81. The van der Waals surface area contributed by atoms with Crippen molar-refractivity contribution in [2.75, 3.05) is 5.88 Å². The van der Waals surface area contributed by atoms with Crippen molar-refractivity contribution >= 4 is 11.6 Å². The van der Waals surface area contributed by atoms with Crippen molar-refractivity contribution in [1.29, 1.82) is 0 Å². The van der Waals surface area contributed by atoms with Crippen LogP contribution >= 0.6 is 11.6 Å². The smallest absolute Gasteiger partial charge is 0.0762 e. The molecule has 0 aliphatic carbocycles. The summed E-state index contributed by atoms with van der Waals surface area (Å²) in [6.07, 6.45) is 1.94. The van der Waals surface area contributed by atoms with Crippen molar-refractivity contribution in [2.45, 2.75) is 12.6 Å². The van der Waals surface area contributed by atoms with E-state index in [0.717, 1.165) is 12.2 Å². The lowest BCUT2D eigenvalue weighted by molar-refractivity contribution is 0.566. The van der Waals surface area contributed by atoms with E-state index in [1.807, 2.05) is 37.5 Å². The number of alkyl halides is 1.